The number of nitrogens with one attached hydrogen (secondary N) is 1. The minimum absolute atomic E-state index is 0.252. The topological polar surface area (TPSA) is 228 Å². The van der Waals surface area contributed by atoms with Crippen LogP contribution >= 0.6 is 0 Å². The molecule has 2 aliphatic rings. The first-order valence-corrected chi connectivity index (χ1v) is 33.8. The number of hydrogen-bond acceptors (Lipinski definition) is 13. The van der Waals surface area contributed by atoms with Crippen molar-refractivity contribution in [1.82, 2.24) is 5.32 Å². The molecule has 1 amide bonds. The number of hydrogen-bond donors (Lipinski definition) is 9. The fourth-order valence-electron chi connectivity index (χ4n) is 10.7. The Kier molecular flexibility index (Phi) is 50.0. The summed E-state index contributed by atoms with van der Waals surface area (Å²) in [4.78, 5) is 13.3. The van der Waals surface area contributed by atoms with Gasteiger partial charge in [-0.3, -0.25) is 4.79 Å². The normalized spacial score (nSPS) is 24.2. The number of carbonyl (C=O) groups excluding carboxylic acids is 1. The second-order valence-electron chi connectivity index (χ2n) is 23.6. The highest BCUT2D eigenvalue weighted by Crippen LogP contribution is 2.30. The standard InChI is InChI=1S/C70H123NO13/c1-3-5-7-9-11-13-15-17-19-21-23-25-26-27-28-29-30-31-32-34-36-38-40-42-44-46-48-50-52-54-62(75)71-58(59(74)53-51-49-47-45-43-41-39-37-35-33-24-22-20-18-16-14-12-10-8-6-4-2)57-81-69-67(80)65(78)68(61(56-73)83-69)84-70-66(79)64(77)63(76)60(55-72)82-70/h5,7,11,13,17,19,23,25,27-28,43,45,51,53,58-61,63-70,72-74,76-80H,3-4,6,8-10,12,14-16,18,20-22,24,26,29-42,44,46-50,52,54-57H2,1-2H3,(H,71,75)/b7-5-,13-11-,19-17-,25-23-,28-27-,45-43+,53-51+. The molecule has 12 atom stereocenters. The molecule has 0 aromatic rings. The summed E-state index contributed by atoms with van der Waals surface area (Å²) in [5, 5.41) is 87.3. The van der Waals surface area contributed by atoms with Crippen molar-refractivity contribution in [2.75, 3.05) is 19.8 Å². The highest BCUT2D eigenvalue weighted by molar-refractivity contribution is 5.76. The van der Waals surface area contributed by atoms with Gasteiger partial charge in [0.15, 0.2) is 12.6 Å². The van der Waals surface area contributed by atoms with Gasteiger partial charge >= 0.3 is 0 Å². The Hall–Kier alpha value is -2.83. The second kappa shape index (κ2) is 54.3. The van der Waals surface area contributed by atoms with Gasteiger partial charge in [0, 0.05) is 6.42 Å². The first kappa shape index (κ1) is 77.3. The maximum absolute atomic E-state index is 13.3. The molecular formula is C70H123NO13. The van der Waals surface area contributed by atoms with Crippen LogP contribution < -0.4 is 5.32 Å². The minimum atomic E-state index is -1.79. The van der Waals surface area contributed by atoms with E-state index in [1.807, 2.05) is 6.08 Å². The highest BCUT2D eigenvalue weighted by Gasteiger charge is 2.51. The molecule has 84 heavy (non-hydrogen) atoms. The number of ether oxygens (including phenoxy) is 4. The molecule has 0 aliphatic carbocycles. The van der Waals surface area contributed by atoms with Gasteiger partial charge in [0.2, 0.25) is 5.91 Å². The first-order chi connectivity index (χ1) is 41.1. The Morgan fingerprint density at radius 2 is 0.833 bits per heavy atom. The SMILES string of the molecule is CC/C=C\C/C=C\C/C=C\C/C=C\C/C=C\CCCCCCCCCCCCCCCC(=O)NC(COC1OC(CO)C(OC2OC(CO)C(O)C(O)C2O)C(O)C1O)C(O)/C=C/CC/C=C/CCCCCCCCCCCCCCCCC. The van der Waals surface area contributed by atoms with Crippen molar-refractivity contribution in [3.8, 4) is 0 Å². The van der Waals surface area contributed by atoms with Crippen molar-refractivity contribution in [2.45, 2.75) is 331 Å². The molecule has 0 aromatic carbocycles. The van der Waals surface area contributed by atoms with E-state index in [0.29, 0.717) is 12.8 Å². The fourth-order valence-corrected chi connectivity index (χ4v) is 10.7. The number of aliphatic hydroxyl groups is 8. The van der Waals surface area contributed by atoms with Crippen LogP contribution in [0.3, 0.4) is 0 Å². The van der Waals surface area contributed by atoms with Crippen LogP contribution in [0.15, 0.2) is 85.1 Å². The van der Waals surface area contributed by atoms with E-state index in [9.17, 15) is 45.6 Å². The van der Waals surface area contributed by atoms with Crippen molar-refractivity contribution in [3.63, 3.8) is 0 Å². The Morgan fingerprint density at radius 3 is 1.31 bits per heavy atom. The zero-order valence-electron chi connectivity index (χ0n) is 52.6. The molecule has 2 aliphatic heterocycles. The quantitative estimate of drug-likeness (QED) is 0.0204. The Balaban J connectivity index is 1.71. The molecule has 2 saturated heterocycles. The molecule has 9 N–H and O–H groups in total. The molecular weight excluding hydrogens is 1060 g/mol. The average Bonchev–Trinajstić information content (AvgIpc) is 3.24. The number of carbonyl (C=O) groups is 1. The summed E-state index contributed by atoms with van der Waals surface area (Å²) in [7, 11) is 0. The molecule has 486 valence electrons. The van der Waals surface area contributed by atoms with Crippen LogP contribution in [-0.4, -0.2) is 140 Å². The van der Waals surface area contributed by atoms with E-state index < -0.39 is 86.8 Å². The van der Waals surface area contributed by atoms with Crippen molar-refractivity contribution >= 4 is 5.91 Å². The van der Waals surface area contributed by atoms with E-state index in [-0.39, 0.29) is 18.9 Å². The van der Waals surface area contributed by atoms with Crippen LogP contribution in [0.4, 0.5) is 0 Å². The summed E-state index contributed by atoms with van der Waals surface area (Å²) < 4.78 is 22.8. The van der Waals surface area contributed by atoms with Crippen LogP contribution in [0.2, 0.25) is 0 Å². The van der Waals surface area contributed by atoms with Crippen LogP contribution in [0.5, 0.6) is 0 Å². The van der Waals surface area contributed by atoms with Gasteiger partial charge < -0.3 is 65.1 Å². The maximum atomic E-state index is 13.3. The summed E-state index contributed by atoms with van der Waals surface area (Å²) in [6.07, 6.45) is 57.7. The lowest BCUT2D eigenvalue weighted by Gasteiger charge is -2.46. The molecule has 0 radical (unpaired) electrons. The molecule has 0 aromatic heterocycles. The molecule has 0 spiro atoms. The van der Waals surface area contributed by atoms with Gasteiger partial charge in [-0.25, -0.2) is 0 Å². The van der Waals surface area contributed by atoms with Gasteiger partial charge in [-0.1, -0.05) is 259 Å². The van der Waals surface area contributed by atoms with Gasteiger partial charge in [-0.15, -0.1) is 0 Å². The third kappa shape index (κ3) is 38.4. The molecule has 2 fully saturated rings. The maximum Gasteiger partial charge on any atom is 0.220 e. The van der Waals surface area contributed by atoms with Gasteiger partial charge in [-0.05, 0) is 77.0 Å². The first-order valence-electron chi connectivity index (χ1n) is 33.8. The second-order valence-corrected chi connectivity index (χ2v) is 23.6. The molecule has 0 bridgehead atoms. The van der Waals surface area contributed by atoms with E-state index in [1.165, 1.54) is 154 Å². The van der Waals surface area contributed by atoms with Crippen molar-refractivity contribution < 1.29 is 64.6 Å². The Bertz CT molecular complexity index is 1730. The number of unbranched alkanes of at least 4 members (excludes halogenated alkanes) is 29. The van der Waals surface area contributed by atoms with Crippen molar-refractivity contribution in [3.05, 3.63) is 85.1 Å². The molecule has 14 heteroatoms. The molecule has 14 nitrogen and oxygen atoms in total. The lowest BCUT2D eigenvalue weighted by atomic mass is 9.97. The van der Waals surface area contributed by atoms with Crippen molar-refractivity contribution in [1.29, 1.82) is 0 Å². The molecule has 2 rings (SSSR count). The monoisotopic (exact) mass is 1190 g/mol. The predicted molar refractivity (Wildman–Crippen MR) is 341 cm³/mol. The molecule has 0 saturated carbocycles. The van der Waals surface area contributed by atoms with Gasteiger partial charge in [0.1, 0.15) is 48.8 Å². The van der Waals surface area contributed by atoms with E-state index in [4.69, 9.17) is 18.9 Å². The van der Waals surface area contributed by atoms with Crippen LogP contribution in [0, 0.1) is 0 Å². The summed E-state index contributed by atoms with van der Waals surface area (Å²) >= 11 is 0. The third-order valence-corrected chi connectivity index (χ3v) is 16.1. The molecule has 2 heterocycles. The van der Waals surface area contributed by atoms with E-state index in [2.05, 4.69) is 92.1 Å². The van der Waals surface area contributed by atoms with Crippen LogP contribution in [0.1, 0.15) is 258 Å². The Labute approximate surface area is 510 Å². The number of amides is 1. The van der Waals surface area contributed by atoms with Crippen LogP contribution in [0.25, 0.3) is 0 Å². The van der Waals surface area contributed by atoms with Crippen LogP contribution in [-0.2, 0) is 23.7 Å². The van der Waals surface area contributed by atoms with E-state index >= 15 is 0 Å². The summed E-state index contributed by atoms with van der Waals surface area (Å²) in [5.74, 6) is -0.252. The number of aliphatic hydroxyl groups excluding tert-OH is 8. The summed E-state index contributed by atoms with van der Waals surface area (Å²) in [6, 6.07) is -0.937. The van der Waals surface area contributed by atoms with E-state index in [1.54, 1.807) is 6.08 Å². The van der Waals surface area contributed by atoms with E-state index in [0.717, 1.165) is 70.6 Å². The molecule has 12 unspecified atom stereocenters. The van der Waals surface area contributed by atoms with Crippen molar-refractivity contribution in [2.24, 2.45) is 0 Å². The fraction of sp³-hybridized carbons (Fsp3) is 0.786. The Morgan fingerprint density at radius 1 is 0.440 bits per heavy atom. The smallest absolute Gasteiger partial charge is 0.220 e. The lowest BCUT2D eigenvalue weighted by molar-refractivity contribution is -0.359. The zero-order valence-corrected chi connectivity index (χ0v) is 52.6. The largest absolute Gasteiger partial charge is 0.394 e. The highest BCUT2D eigenvalue weighted by atomic mass is 16.7. The predicted octanol–water partition coefficient (Wildman–Crippen LogP) is 13.2. The zero-order chi connectivity index (χ0) is 60.9. The van der Waals surface area contributed by atoms with Gasteiger partial charge in [0.05, 0.1) is 32.0 Å². The van der Waals surface area contributed by atoms with Gasteiger partial charge in [-0.2, -0.15) is 0 Å². The average molecular weight is 1190 g/mol. The summed E-state index contributed by atoms with van der Waals surface area (Å²) in [5.41, 5.74) is 0. The summed E-state index contributed by atoms with van der Waals surface area (Å²) in [6.45, 7) is 2.68. The minimum Gasteiger partial charge on any atom is -0.394 e. The van der Waals surface area contributed by atoms with Gasteiger partial charge in [0.25, 0.3) is 0 Å². The number of rotatable bonds is 54. The lowest BCUT2D eigenvalue weighted by Crippen LogP contribution is -2.65. The third-order valence-electron chi connectivity index (χ3n) is 16.1. The number of allylic oxidation sites excluding steroid dienone is 13.